The zero-order valence-corrected chi connectivity index (χ0v) is 16.1. The zero-order chi connectivity index (χ0) is 20.0. The van der Waals surface area contributed by atoms with Crippen LogP contribution in [0.4, 0.5) is 5.69 Å². The summed E-state index contributed by atoms with van der Waals surface area (Å²) in [6.07, 6.45) is 1.08. The summed E-state index contributed by atoms with van der Waals surface area (Å²) in [5.41, 5.74) is 1.55. The maximum Gasteiger partial charge on any atom is 0.251 e. The molecule has 0 spiro atoms. The molecule has 3 aromatic rings. The third-order valence-corrected chi connectivity index (χ3v) is 4.42. The number of amides is 1. The number of ether oxygens (including phenoxy) is 1. The van der Waals surface area contributed by atoms with E-state index in [2.05, 4.69) is 10.0 Å². The van der Waals surface area contributed by atoms with Crippen LogP contribution in [0, 0.1) is 0 Å². The Morgan fingerprint density at radius 2 is 1.57 bits per heavy atom. The van der Waals surface area contributed by atoms with Crippen LogP contribution in [0.25, 0.3) is 0 Å². The molecule has 0 atom stereocenters. The summed E-state index contributed by atoms with van der Waals surface area (Å²) in [7, 11) is -3.41. The molecule has 1 amide bonds. The molecule has 28 heavy (non-hydrogen) atoms. The summed E-state index contributed by atoms with van der Waals surface area (Å²) in [4.78, 5) is 12.5. The second-order valence-electron chi connectivity index (χ2n) is 6.16. The van der Waals surface area contributed by atoms with Gasteiger partial charge in [-0.15, -0.1) is 0 Å². The topological polar surface area (TPSA) is 84.5 Å². The molecule has 0 saturated heterocycles. The number of para-hydroxylation sites is 2. The Labute approximate surface area is 164 Å². The summed E-state index contributed by atoms with van der Waals surface area (Å²) < 4.78 is 31.2. The zero-order valence-electron chi connectivity index (χ0n) is 15.3. The number of hydrogen-bond acceptors (Lipinski definition) is 4. The van der Waals surface area contributed by atoms with Crippen molar-refractivity contribution in [2.75, 3.05) is 11.0 Å². The van der Waals surface area contributed by atoms with Gasteiger partial charge in [0, 0.05) is 12.1 Å². The van der Waals surface area contributed by atoms with Gasteiger partial charge in [0.2, 0.25) is 10.0 Å². The maximum atomic E-state index is 12.5. The Balaban J connectivity index is 1.68. The first kappa shape index (κ1) is 19.4. The van der Waals surface area contributed by atoms with Crippen LogP contribution in [0.2, 0.25) is 0 Å². The van der Waals surface area contributed by atoms with Gasteiger partial charge >= 0.3 is 0 Å². The number of carbonyl (C=O) groups is 1. The number of sulfonamides is 1. The van der Waals surface area contributed by atoms with Gasteiger partial charge in [-0.25, -0.2) is 8.42 Å². The Hall–Kier alpha value is -3.32. The number of rotatable bonds is 7. The van der Waals surface area contributed by atoms with Crippen LogP contribution >= 0.6 is 0 Å². The number of anilines is 1. The highest BCUT2D eigenvalue weighted by Crippen LogP contribution is 2.22. The molecule has 0 unspecified atom stereocenters. The quantitative estimate of drug-likeness (QED) is 0.637. The van der Waals surface area contributed by atoms with Crippen molar-refractivity contribution >= 4 is 21.6 Å². The Morgan fingerprint density at radius 1 is 0.893 bits per heavy atom. The number of carbonyl (C=O) groups excluding carboxylic acids is 1. The van der Waals surface area contributed by atoms with E-state index >= 15 is 0 Å². The van der Waals surface area contributed by atoms with Crippen LogP contribution in [0.15, 0.2) is 78.9 Å². The minimum atomic E-state index is -3.41. The molecule has 0 aliphatic carbocycles. The summed E-state index contributed by atoms with van der Waals surface area (Å²) in [5.74, 6) is 0.950. The molecule has 0 saturated carbocycles. The molecule has 2 N–H and O–H groups in total. The highest BCUT2D eigenvalue weighted by Gasteiger charge is 2.10. The lowest BCUT2D eigenvalue weighted by Gasteiger charge is -2.12. The predicted molar refractivity (Wildman–Crippen MR) is 109 cm³/mol. The molecule has 0 heterocycles. The van der Waals surface area contributed by atoms with Crippen LogP contribution in [0.5, 0.6) is 11.5 Å². The van der Waals surface area contributed by atoms with Gasteiger partial charge in [0.05, 0.1) is 11.9 Å². The van der Waals surface area contributed by atoms with E-state index in [1.165, 1.54) is 0 Å². The van der Waals surface area contributed by atoms with Gasteiger partial charge in [-0.2, -0.15) is 0 Å². The van der Waals surface area contributed by atoms with Crippen LogP contribution < -0.4 is 14.8 Å². The summed E-state index contributed by atoms with van der Waals surface area (Å²) in [6, 6.07) is 23.1. The van der Waals surface area contributed by atoms with E-state index in [9.17, 15) is 13.2 Å². The Kier molecular flexibility index (Phi) is 5.96. The standard InChI is InChI=1S/C21H20N2O4S/c1-28(25,26)23-20-13-6-5-8-17(20)15-22-21(24)16-9-7-12-19(14-16)27-18-10-3-2-4-11-18/h2-14,23H,15H2,1H3,(H,22,24). The lowest BCUT2D eigenvalue weighted by Crippen LogP contribution is -2.23. The van der Waals surface area contributed by atoms with Crippen molar-refractivity contribution in [1.29, 1.82) is 0 Å². The van der Waals surface area contributed by atoms with Crippen molar-refractivity contribution in [2.45, 2.75) is 6.54 Å². The van der Waals surface area contributed by atoms with Crippen LogP contribution in [-0.4, -0.2) is 20.6 Å². The minimum absolute atomic E-state index is 0.182. The molecular weight excluding hydrogens is 376 g/mol. The predicted octanol–water partition coefficient (Wildman–Crippen LogP) is 3.78. The first-order valence-corrected chi connectivity index (χ1v) is 10.5. The first-order valence-electron chi connectivity index (χ1n) is 8.57. The van der Waals surface area contributed by atoms with E-state index < -0.39 is 10.0 Å². The SMILES string of the molecule is CS(=O)(=O)Nc1ccccc1CNC(=O)c1cccc(Oc2ccccc2)c1. The summed E-state index contributed by atoms with van der Waals surface area (Å²) >= 11 is 0. The average Bonchev–Trinajstić information content (AvgIpc) is 2.67. The number of nitrogens with one attached hydrogen (secondary N) is 2. The van der Waals surface area contributed by atoms with E-state index in [1.54, 1.807) is 48.5 Å². The molecular formula is C21H20N2O4S. The van der Waals surface area contributed by atoms with Gasteiger partial charge < -0.3 is 10.1 Å². The highest BCUT2D eigenvalue weighted by atomic mass is 32.2. The van der Waals surface area contributed by atoms with Crippen LogP contribution in [0.1, 0.15) is 15.9 Å². The Morgan fingerprint density at radius 3 is 2.32 bits per heavy atom. The fourth-order valence-electron chi connectivity index (χ4n) is 2.58. The van der Waals surface area contributed by atoms with Crippen molar-refractivity contribution in [3.63, 3.8) is 0 Å². The number of hydrogen-bond donors (Lipinski definition) is 2. The van der Waals surface area contributed by atoms with Crippen molar-refractivity contribution in [2.24, 2.45) is 0 Å². The molecule has 3 aromatic carbocycles. The third kappa shape index (κ3) is 5.59. The lowest BCUT2D eigenvalue weighted by atomic mass is 10.1. The Bertz CT molecular complexity index is 1070. The molecule has 6 nitrogen and oxygen atoms in total. The monoisotopic (exact) mass is 396 g/mol. The van der Waals surface area contributed by atoms with Crippen LogP contribution in [0.3, 0.4) is 0 Å². The molecule has 7 heteroatoms. The molecule has 0 aliphatic rings. The fraction of sp³-hybridized carbons (Fsp3) is 0.0952. The van der Waals surface area contributed by atoms with E-state index in [0.29, 0.717) is 28.3 Å². The van der Waals surface area contributed by atoms with E-state index in [-0.39, 0.29) is 12.5 Å². The minimum Gasteiger partial charge on any atom is -0.457 e. The summed E-state index contributed by atoms with van der Waals surface area (Å²) in [5, 5.41) is 2.80. The largest absolute Gasteiger partial charge is 0.457 e. The maximum absolute atomic E-state index is 12.5. The molecule has 0 bridgehead atoms. The van der Waals surface area contributed by atoms with Gasteiger partial charge in [0.1, 0.15) is 11.5 Å². The molecule has 144 valence electrons. The normalized spacial score (nSPS) is 10.9. The molecule has 0 aromatic heterocycles. The molecule has 0 fully saturated rings. The number of benzene rings is 3. The lowest BCUT2D eigenvalue weighted by molar-refractivity contribution is 0.0950. The van der Waals surface area contributed by atoms with Gasteiger partial charge in [-0.05, 0) is 42.0 Å². The summed E-state index contributed by atoms with van der Waals surface area (Å²) in [6.45, 7) is 0.182. The second-order valence-corrected chi connectivity index (χ2v) is 7.91. The van der Waals surface area contributed by atoms with Gasteiger partial charge in [-0.3, -0.25) is 9.52 Å². The molecule has 0 aliphatic heterocycles. The van der Waals surface area contributed by atoms with Gasteiger partial charge in [0.25, 0.3) is 5.91 Å². The highest BCUT2D eigenvalue weighted by molar-refractivity contribution is 7.92. The third-order valence-electron chi connectivity index (χ3n) is 3.83. The fourth-order valence-corrected chi connectivity index (χ4v) is 3.18. The van der Waals surface area contributed by atoms with Crippen molar-refractivity contribution in [1.82, 2.24) is 5.32 Å². The molecule has 0 radical (unpaired) electrons. The van der Waals surface area contributed by atoms with E-state index in [4.69, 9.17) is 4.74 Å². The van der Waals surface area contributed by atoms with Crippen LogP contribution in [-0.2, 0) is 16.6 Å². The first-order chi connectivity index (χ1) is 13.4. The van der Waals surface area contributed by atoms with Gasteiger partial charge in [-0.1, -0.05) is 42.5 Å². The van der Waals surface area contributed by atoms with Crippen molar-refractivity contribution in [3.05, 3.63) is 90.0 Å². The second kappa shape index (κ2) is 8.58. The van der Waals surface area contributed by atoms with E-state index in [1.807, 2.05) is 30.3 Å². The van der Waals surface area contributed by atoms with E-state index in [0.717, 1.165) is 6.26 Å². The van der Waals surface area contributed by atoms with Gasteiger partial charge in [0.15, 0.2) is 0 Å². The smallest absolute Gasteiger partial charge is 0.251 e. The van der Waals surface area contributed by atoms with Crippen molar-refractivity contribution < 1.29 is 17.9 Å². The average molecular weight is 396 g/mol. The molecule has 3 rings (SSSR count). The van der Waals surface area contributed by atoms with Crippen molar-refractivity contribution in [3.8, 4) is 11.5 Å².